The Hall–Kier alpha value is -2.98. The number of carbonyl (C=O) groups is 1. The van der Waals surface area contributed by atoms with Gasteiger partial charge in [-0.25, -0.2) is 4.99 Å². The summed E-state index contributed by atoms with van der Waals surface area (Å²) in [7, 11) is 0. The van der Waals surface area contributed by atoms with Gasteiger partial charge in [0.15, 0.2) is 0 Å². The van der Waals surface area contributed by atoms with Crippen LogP contribution in [0.25, 0.3) is 6.08 Å². The highest BCUT2D eigenvalue weighted by atomic mass is 32.1. The molecule has 2 aromatic carbocycles. The molecule has 1 N–H and O–H groups in total. The first-order chi connectivity index (χ1) is 14.8. The fourth-order valence-electron chi connectivity index (χ4n) is 3.76. The molecule has 1 aromatic heterocycles. The number of hydrogen-bond donors (Lipinski definition) is 1. The van der Waals surface area contributed by atoms with Gasteiger partial charge in [0.05, 0.1) is 5.56 Å². The van der Waals surface area contributed by atoms with Crippen molar-refractivity contribution in [2.75, 3.05) is 6.54 Å². The summed E-state index contributed by atoms with van der Waals surface area (Å²) < 4.78 is 0. The van der Waals surface area contributed by atoms with Gasteiger partial charge in [0, 0.05) is 17.6 Å². The molecule has 0 saturated carbocycles. The fourth-order valence-corrected chi connectivity index (χ4v) is 5.00. The van der Waals surface area contributed by atoms with Crippen LogP contribution < -0.4 is 5.32 Å². The minimum absolute atomic E-state index is 0.00419. The summed E-state index contributed by atoms with van der Waals surface area (Å²) in [5.41, 5.74) is 4.36. The van der Waals surface area contributed by atoms with E-state index in [0.717, 1.165) is 41.8 Å². The van der Waals surface area contributed by atoms with Crippen LogP contribution in [0, 0.1) is 0 Å². The maximum Gasteiger partial charge on any atom is 0.254 e. The topological polar surface area (TPSA) is 41.5 Å². The molecule has 0 fully saturated rings. The van der Waals surface area contributed by atoms with Crippen LogP contribution in [-0.4, -0.2) is 18.7 Å². The standard InChI is InChI=1S/C26H26N2OS/c29-25(27-19-17-21-12-5-2-6-13-21)24-22-15-7-8-16-23(22)30-26(24)28-18-9-14-20-10-3-1-4-11-20/h1-6,9-14,18H,7-8,15-17,19H2,(H,27,29)/b14-9+,28-18+. The molecule has 1 amide bonds. The number of nitrogens with zero attached hydrogens (tertiary/aromatic N) is 1. The molecule has 30 heavy (non-hydrogen) atoms. The van der Waals surface area contributed by atoms with Crippen molar-refractivity contribution in [1.29, 1.82) is 0 Å². The lowest BCUT2D eigenvalue weighted by Crippen LogP contribution is -2.26. The van der Waals surface area contributed by atoms with Gasteiger partial charge in [0.25, 0.3) is 5.91 Å². The number of thiophene rings is 1. The van der Waals surface area contributed by atoms with Crippen molar-refractivity contribution < 1.29 is 4.79 Å². The third-order valence-electron chi connectivity index (χ3n) is 5.29. The molecule has 0 saturated heterocycles. The van der Waals surface area contributed by atoms with Gasteiger partial charge in [0.1, 0.15) is 5.00 Å². The largest absolute Gasteiger partial charge is 0.352 e. The number of amides is 1. The van der Waals surface area contributed by atoms with Crippen LogP contribution in [0.3, 0.4) is 0 Å². The van der Waals surface area contributed by atoms with Crippen LogP contribution in [0.1, 0.15) is 44.8 Å². The first-order valence-electron chi connectivity index (χ1n) is 10.5. The lowest BCUT2D eigenvalue weighted by atomic mass is 9.95. The van der Waals surface area contributed by atoms with E-state index in [1.807, 2.05) is 48.6 Å². The zero-order valence-corrected chi connectivity index (χ0v) is 17.8. The minimum Gasteiger partial charge on any atom is -0.352 e. The third kappa shape index (κ3) is 5.14. The Kier molecular flexibility index (Phi) is 6.88. The van der Waals surface area contributed by atoms with E-state index in [2.05, 4.69) is 34.6 Å². The van der Waals surface area contributed by atoms with Crippen molar-refractivity contribution in [1.82, 2.24) is 5.32 Å². The lowest BCUT2D eigenvalue weighted by Gasteiger charge is -2.12. The molecule has 1 heterocycles. The number of carbonyl (C=O) groups excluding carboxylic acids is 1. The predicted molar refractivity (Wildman–Crippen MR) is 127 cm³/mol. The minimum atomic E-state index is 0.00419. The Morgan fingerprint density at radius 1 is 1.00 bits per heavy atom. The van der Waals surface area contributed by atoms with E-state index in [-0.39, 0.29) is 5.91 Å². The van der Waals surface area contributed by atoms with Crippen molar-refractivity contribution in [3.8, 4) is 0 Å². The van der Waals surface area contributed by atoms with Gasteiger partial charge in [-0.1, -0.05) is 66.7 Å². The molecule has 4 rings (SSSR count). The van der Waals surface area contributed by atoms with Crippen LogP contribution in [0.2, 0.25) is 0 Å². The van der Waals surface area contributed by atoms with Crippen LogP contribution in [0.4, 0.5) is 5.00 Å². The number of benzene rings is 2. The second-order valence-corrected chi connectivity index (χ2v) is 8.51. The van der Waals surface area contributed by atoms with Crippen molar-refractivity contribution in [2.45, 2.75) is 32.1 Å². The van der Waals surface area contributed by atoms with Gasteiger partial charge < -0.3 is 5.32 Å². The van der Waals surface area contributed by atoms with Gasteiger partial charge in [-0.2, -0.15) is 0 Å². The lowest BCUT2D eigenvalue weighted by molar-refractivity contribution is 0.0954. The number of rotatable bonds is 7. The van der Waals surface area contributed by atoms with E-state index in [1.54, 1.807) is 17.6 Å². The summed E-state index contributed by atoms with van der Waals surface area (Å²) >= 11 is 1.67. The number of allylic oxidation sites excluding steroid dienone is 1. The van der Waals surface area contributed by atoms with Crippen LogP contribution in [-0.2, 0) is 19.3 Å². The van der Waals surface area contributed by atoms with E-state index in [1.165, 1.54) is 22.4 Å². The molecule has 0 radical (unpaired) electrons. The Bertz CT molecular complexity index is 1040. The summed E-state index contributed by atoms with van der Waals surface area (Å²) in [5.74, 6) is 0.00419. The van der Waals surface area contributed by atoms with Gasteiger partial charge >= 0.3 is 0 Å². The van der Waals surface area contributed by atoms with Crippen molar-refractivity contribution in [2.24, 2.45) is 4.99 Å². The Morgan fingerprint density at radius 3 is 2.53 bits per heavy atom. The zero-order chi connectivity index (χ0) is 20.6. The van der Waals surface area contributed by atoms with Gasteiger partial charge in [-0.15, -0.1) is 11.3 Å². The zero-order valence-electron chi connectivity index (χ0n) is 17.0. The predicted octanol–water partition coefficient (Wildman–Crippen LogP) is 6.02. The van der Waals surface area contributed by atoms with E-state index in [9.17, 15) is 4.79 Å². The van der Waals surface area contributed by atoms with Gasteiger partial charge in [0.2, 0.25) is 0 Å². The summed E-state index contributed by atoms with van der Waals surface area (Å²) in [4.78, 5) is 19.0. The molecular formula is C26H26N2OS. The molecule has 3 nitrogen and oxygen atoms in total. The Morgan fingerprint density at radius 2 is 1.73 bits per heavy atom. The molecule has 0 atom stereocenters. The van der Waals surface area contributed by atoms with E-state index < -0.39 is 0 Å². The third-order valence-corrected chi connectivity index (χ3v) is 6.49. The quantitative estimate of drug-likeness (QED) is 0.472. The van der Waals surface area contributed by atoms with Crippen LogP contribution in [0.15, 0.2) is 71.7 Å². The summed E-state index contributed by atoms with van der Waals surface area (Å²) in [6, 6.07) is 20.4. The number of aliphatic imine (C=N–C) groups is 1. The van der Waals surface area contributed by atoms with Gasteiger partial charge in [-0.05, 0) is 54.9 Å². The van der Waals surface area contributed by atoms with Crippen molar-refractivity contribution >= 4 is 34.5 Å². The molecule has 0 bridgehead atoms. The van der Waals surface area contributed by atoms with E-state index >= 15 is 0 Å². The number of fused-ring (bicyclic) bond motifs is 1. The summed E-state index contributed by atoms with van der Waals surface area (Å²) in [6.07, 6.45) is 11.0. The average molecular weight is 415 g/mol. The first-order valence-corrected chi connectivity index (χ1v) is 11.4. The SMILES string of the molecule is O=C(NCCc1ccccc1)c1c(/N=C/C=C/c2ccccc2)sc2c1CCCC2. The molecule has 1 aliphatic carbocycles. The second-order valence-electron chi connectivity index (χ2n) is 7.43. The highest BCUT2D eigenvalue weighted by Gasteiger charge is 2.24. The molecule has 152 valence electrons. The normalized spacial score (nSPS) is 13.6. The number of nitrogens with one attached hydrogen (secondary N) is 1. The maximum atomic E-state index is 13.0. The molecule has 1 aliphatic rings. The summed E-state index contributed by atoms with van der Waals surface area (Å²) in [6.45, 7) is 0.629. The fraction of sp³-hybridized carbons (Fsp3) is 0.231. The maximum absolute atomic E-state index is 13.0. The molecule has 0 spiro atoms. The van der Waals surface area contributed by atoms with Crippen LogP contribution in [0.5, 0.6) is 0 Å². The smallest absolute Gasteiger partial charge is 0.254 e. The molecular weight excluding hydrogens is 388 g/mol. The molecule has 3 aromatic rings. The second kappa shape index (κ2) is 10.2. The van der Waals surface area contributed by atoms with Crippen LogP contribution >= 0.6 is 11.3 Å². The average Bonchev–Trinajstić information content (AvgIpc) is 3.16. The number of aryl methyl sites for hydroxylation is 1. The Labute approximate surface area is 182 Å². The number of hydrogen-bond acceptors (Lipinski definition) is 3. The Balaban J connectivity index is 1.48. The highest BCUT2D eigenvalue weighted by Crippen LogP contribution is 2.39. The van der Waals surface area contributed by atoms with E-state index in [4.69, 9.17) is 0 Å². The molecule has 4 heteroatoms. The molecule has 0 unspecified atom stereocenters. The molecule has 0 aliphatic heterocycles. The first kappa shape index (κ1) is 20.3. The van der Waals surface area contributed by atoms with Crippen molar-refractivity contribution in [3.63, 3.8) is 0 Å². The highest BCUT2D eigenvalue weighted by molar-refractivity contribution is 7.16. The van der Waals surface area contributed by atoms with Crippen molar-refractivity contribution in [3.05, 3.63) is 93.9 Å². The monoisotopic (exact) mass is 414 g/mol. The van der Waals surface area contributed by atoms with E-state index in [0.29, 0.717) is 6.54 Å². The van der Waals surface area contributed by atoms with Gasteiger partial charge in [-0.3, -0.25) is 4.79 Å². The summed E-state index contributed by atoms with van der Waals surface area (Å²) in [5, 5.41) is 3.95.